The van der Waals surface area contributed by atoms with Crippen LogP contribution in [0.2, 0.25) is 0 Å². The summed E-state index contributed by atoms with van der Waals surface area (Å²) < 4.78 is 6.03. The average molecular weight is 260 g/mol. The number of piperidine rings is 1. The monoisotopic (exact) mass is 260 g/mol. The van der Waals surface area contributed by atoms with Gasteiger partial charge in [0.1, 0.15) is 11.9 Å². The minimum absolute atomic E-state index is 0.323. The predicted octanol–water partition coefficient (Wildman–Crippen LogP) is 1.91. The Hall–Kier alpha value is -1.06. The number of nitrogens with two attached hydrogens (primary N) is 1. The van der Waals surface area contributed by atoms with Gasteiger partial charge in [0.15, 0.2) is 0 Å². The standard InChI is InChI=1S/C16H24N2O/c1-12-6-7-18(10-14(12)9-17)11-15-8-13-4-2-3-5-16(13)19-15/h2-5,12,14-15H,6-11,17H2,1H3. The van der Waals surface area contributed by atoms with Crippen molar-refractivity contribution in [2.45, 2.75) is 25.9 Å². The topological polar surface area (TPSA) is 38.5 Å². The predicted molar refractivity (Wildman–Crippen MR) is 77.3 cm³/mol. The van der Waals surface area contributed by atoms with Gasteiger partial charge in [0.05, 0.1) is 0 Å². The molecule has 2 aliphatic rings. The highest BCUT2D eigenvalue weighted by Gasteiger charge is 2.29. The maximum atomic E-state index is 6.03. The molecule has 19 heavy (non-hydrogen) atoms. The van der Waals surface area contributed by atoms with Crippen LogP contribution in [0, 0.1) is 11.8 Å². The number of benzene rings is 1. The largest absolute Gasteiger partial charge is 0.488 e. The van der Waals surface area contributed by atoms with Gasteiger partial charge in [-0.05, 0) is 43.0 Å². The van der Waals surface area contributed by atoms with E-state index in [1.165, 1.54) is 18.5 Å². The molecule has 1 aromatic carbocycles. The molecule has 0 radical (unpaired) electrons. The Bertz CT molecular complexity index is 410. The summed E-state index contributed by atoms with van der Waals surface area (Å²) in [6, 6.07) is 8.40. The lowest BCUT2D eigenvalue weighted by atomic mass is 9.87. The number of rotatable bonds is 3. The fourth-order valence-electron chi connectivity index (χ4n) is 3.34. The minimum Gasteiger partial charge on any atom is -0.488 e. The molecule has 2 N–H and O–H groups in total. The molecule has 1 fully saturated rings. The molecule has 0 bridgehead atoms. The van der Waals surface area contributed by atoms with Gasteiger partial charge in [-0.25, -0.2) is 0 Å². The van der Waals surface area contributed by atoms with E-state index < -0.39 is 0 Å². The maximum Gasteiger partial charge on any atom is 0.123 e. The number of nitrogens with zero attached hydrogens (tertiary/aromatic N) is 1. The van der Waals surface area contributed by atoms with Gasteiger partial charge in [-0.1, -0.05) is 25.1 Å². The molecule has 3 nitrogen and oxygen atoms in total. The van der Waals surface area contributed by atoms with Crippen LogP contribution in [0.5, 0.6) is 5.75 Å². The Kier molecular flexibility index (Phi) is 3.76. The smallest absolute Gasteiger partial charge is 0.123 e. The highest BCUT2D eigenvalue weighted by Crippen LogP contribution is 2.29. The summed E-state index contributed by atoms with van der Waals surface area (Å²) in [5.41, 5.74) is 7.23. The molecule has 2 heterocycles. The van der Waals surface area contributed by atoms with Crippen LogP contribution < -0.4 is 10.5 Å². The van der Waals surface area contributed by atoms with Crippen LogP contribution in [-0.4, -0.2) is 37.2 Å². The number of para-hydroxylation sites is 1. The molecule has 1 aromatic rings. The molecule has 1 saturated heterocycles. The number of ether oxygens (including phenoxy) is 1. The third kappa shape index (κ3) is 2.77. The second-order valence-electron chi connectivity index (χ2n) is 6.07. The molecular formula is C16H24N2O. The third-order valence-corrected chi connectivity index (χ3v) is 4.68. The summed E-state index contributed by atoms with van der Waals surface area (Å²) in [7, 11) is 0. The van der Waals surface area contributed by atoms with Crippen LogP contribution in [0.1, 0.15) is 18.9 Å². The minimum atomic E-state index is 0.323. The Morgan fingerprint density at radius 2 is 2.21 bits per heavy atom. The highest BCUT2D eigenvalue weighted by molar-refractivity contribution is 5.37. The zero-order valence-electron chi connectivity index (χ0n) is 11.7. The summed E-state index contributed by atoms with van der Waals surface area (Å²) in [6.07, 6.45) is 2.64. The van der Waals surface area contributed by atoms with Gasteiger partial charge in [0.2, 0.25) is 0 Å². The first-order chi connectivity index (χ1) is 9.26. The molecule has 3 unspecified atom stereocenters. The third-order valence-electron chi connectivity index (χ3n) is 4.68. The Morgan fingerprint density at radius 3 is 3.00 bits per heavy atom. The van der Waals surface area contributed by atoms with E-state index in [4.69, 9.17) is 10.5 Å². The Labute approximate surface area is 115 Å². The summed E-state index contributed by atoms with van der Waals surface area (Å²) in [4.78, 5) is 2.54. The van der Waals surface area contributed by atoms with Crippen molar-refractivity contribution in [3.8, 4) is 5.75 Å². The molecule has 0 amide bonds. The van der Waals surface area contributed by atoms with Gasteiger partial charge in [-0.3, -0.25) is 4.90 Å². The van der Waals surface area contributed by atoms with Crippen molar-refractivity contribution in [3.63, 3.8) is 0 Å². The van der Waals surface area contributed by atoms with Gasteiger partial charge in [0.25, 0.3) is 0 Å². The van der Waals surface area contributed by atoms with E-state index in [1.807, 2.05) is 6.07 Å². The van der Waals surface area contributed by atoms with Gasteiger partial charge in [0, 0.05) is 19.5 Å². The fraction of sp³-hybridized carbons (Fsp3) is 0.625. The molecule has 2 aliphatic heterocycles. The van der Waals surface area contributed by atoms with Gasteiger partial charge in [-0.2, -0.15) is 0 Å². The van der Waals surface area contributed by atoms with Gasteiger partial charge < -0.3 is 10.5 Å². The van der Waals surface area contributed by atoms with E-state index in [1.54, 1.807) is 0 Å². The first kappa shape index (κ1) is 12.9. The molecule has 3 atom stereocenters. The fourth-order valence-corrected chi connectivity index (χ4v) is 3.34. The number of fused-ring (bicyclic) bond motifs is 1. The van der Waals surface area contributed by atoms with Crippen molar-refractivity contribution in [1.82, 2.24) is 4.90 Å². The number of hydrogen-bond donors (Lipinski definition) is 1. The van der Waals surface area contributed by atoms with Crippen molar-refractivity contribution in [1.29, 1.82) is 0 Å². The normalized spacial score (nSPS) is 30.9. The lowest BCUT2D eigenvalue weighted by molar-refractivity contribution is 0.0881. The lowest BCUT2D eigenvalue weighted by Crippen LogP contribution is -2.46. The molecule has 0 saturated carbocycles. The number of hydrogen-bond acceptors (Lipinski definition) is 3. The molecule has 0 spiro atoms. The first-order valence-electron chi connectivity index (χ1n) is 7.43. The van der Waals surface area contributed by atoms with E-state index in [2.05, 4.69) is 30.0 Å². The van der Waals surface area contributed by atoms with Crippen molar-refractivity contribution >= 4 is 0 Å². The van der Waals surface area contributed by atoms with E-state index in [0.717, 1.165) is 37.7 Å². The molecular weight excluding hydrogens is 236 g/mol. The van der Waals surface area contributed by atoms with Crippen molar-refractivity contribution in [2.75, 3.05) is 26.2 Å². The summed E-state index contributed by atoms with van der Waals surface area (Å²) in [6.45, 7) is 6.50. The van der Waals surface area contributed by atoms with E-state index in [0.29, 0.717) is 12.0 Å². The number of likely N-dealkylation sites (tertiary alicyclic amines) is 1. The second-order valence-corrected chi connectivity index (χ2v) is 6.07. The van der Waals surface area contributed by atoms with E-state index in [-0.39, 0.29) is 0 Å². The van der Waals surface area contributed by atoms with Gasteiger partial charge >= 0.3 is 0 Å². The van der Waals surface area contributed by atoms with Crippen LogP contribution in [0.3, 0.4) is 0 Å². The molecule has 0 aliphatic carbocycles. The maximum absolute atomic E-state index is 6.03. The summed E-state index contributed by atoms with van der Waals surface area (Å²) in [5, 5.41) is 0. The van der Waals surface area contributed by atoms with Crippen molar-refractivity contribution in [3.05, 3.63) is 29.8 Å². The van der Waals surface area contributed by atoms with E-state index in [9.17, 15) is 0 Å². The average Bonchev–Trinajstić information content (AvgIpc) is 2.83. The zero-order valence-corrected chi connectivity index (χ0v) is 11.7. The SMILES string of the molecule is CC1CCN(CC2Cc3ccccc3O2)CC1CN. The van der Waals surface area contributed by atoms with E-state index >= 15 is 0 Å². The van der Waals surface area contributed by atoms with Gasteiger partial charge in [-0.15, -0.1) is 0 Å². The molecule has 0 aromatic heterocycles. The van der Waals surface area contributed by atoms with Crippen LogP contribution in [0.25, 0.3) is 0 Å². The van der Waals surface area contributed by atoms with Crippen LogP contribution in [0.4, 0.5) is 0 Å². The summed E-state index contributed by atoms with van der Waals surface area (Å²) in [5.74, 6) is 2.49. The Morgan fingerprint density at radius 1 is 1.37 bits per heavy atom. The summed E-state index contributed by atoms with van der Waals surface area (Å²) >= 11 is 0. The first-order valence-corrected chi connectivity index (χ1v) is 7.43. The molecule has 3 heteroatoms. The molecule has 3 rings (SSSR count). The lowest BCUT2D eigenvalue weighted by Gasteiger charge is -2.37. The zero-order chi connectivity index (χ0) is 13.2. The van der Waals surface area contributed by atoms with Crippen molar-refractivity contribution < 1.29 is 4.74 Å². The van der Waals surface area contributed by atoms with Crippen LogP contribution in [-0.2, 0) is 6.42 Å². The Balaban J connectivity index is 1.56. The van der Waals surface area contributed by atoms with Crippen molar-refractivity contribution in [2.24, 2.45) is 17.6 Å². The highest BCUT2D eigenvalue weighted by atomic mass is 16.5. The quantitative estimate of drug-likeness (QED) is 0.902. The molecule has 104 valence electrons. The van der Waals surface area contributed by atoms with Crippen LogP contribution in [0.15, 0.2) is 24.3 Å². The second kappa shape index (κ2) is 5.51. The van der Waals surface area contributed by atoms with Crippen LogP contribution >= 0.6 is 0 Å².